The summed E-state index contributed by atoms with van der Waals surface area (Å²) < 4.78 is 32.0. The number of hydrogen-bond donors (Lipinski definition) is 2. The number of H-pyrrole nitrogens is 1. The zero-order chi connectivity index (χ0) is 24.3. The second-order valence-corrected chi connectivity index (χ2v) is 10.4. The molecule has 180 valence electrons. The van der Waals surface area contributed by atoms with E-state index in [9.17, 15) is 18.0 Å². The van der Waals surface area contributed by atoms with E-state index in [1.165, 1.54) is 23.0 Å². The van der Waals surface area contributed by atoms with E-state index in [-0.39, 0.29) is 18.2 Å². The number of anilines is 1. The molecule has 0 spiro atoms. The number of nitrogens with one attached hydrogen (secondary N) is 2. The molecule has 4 heterocycles. The Hall–Kier alpha value is -3.15. The number of halogens is 1. The molecule has 0 unspecified atom stereocenters. The number of nitrogens with zero attached hydrogens (tertiary/aromatic N) is 3. The fraction of sp³-hybridized carbons (Fsp3) is 0.318. The number of hydrogen-bond acceptors (Lipinski definition) is 7. The molecule has 12 heteroatoms. The molecular formula is C22H24ClN5O5S. The summed E-state index contributed by atoms with van der Waals surface area (Å²) in [6.45, 7) is 1.84. The zero-order valence-corrected chi connectivity index (χ0v) is 20.0. The summed E-state index contributed by atoms with van der Waals surface area (Å²) in [7, 11) is -3.24. The van der Waals surface area contributed by atoms with Gasteiger partial charge < -0.3 is 14.6 Å². The maximum Gasteiger partial charge on any atom is 0.273 e. The first kappa shape index (κ1) is 24.0. The maximum absolute atomic E-state index is 12.7. The van der Waals surface area contributed by atoms with Gasteiger partial charge in [-0.1, -0.05) is 11.6 Å². The molecule has 1 fully saturated rings. The van der Waals surface area contributed by atoms with Crippen LogP contribution in [0.5, 0.6) is 5.75 Å². The van der Waals surface area contributed by atoms with Gasteiger partial charge in [0.25, 0.3) is 11.1 Å². The summed E-state index contributed by atoms with van der Waals surface area (Å²) in [6.07, 6.45) is 4.94. The van der Waals surface area contributed by atoms with E-state index in [2.05, 4.69) is 14.7 Å². The Morgan fingerprint density at radius 3 is 2.74 bits per heavy atom. The normalized spacial score (nSPS) is 16.1. The number of aromatic amines is 1. The summed E-state index contributed by atoms with van der Waals surface area (Å²) in [6, 6.07) is 9.68. The highest BCUT2D eigenvalue weighted by atomic mass is 35.5. The van der Waals surface area contributed by atoms with E-state index in [1.807, 2.05) is 4.90 Å². The van der Waals surface area contributed by atoms with Crippen LogP contribution in [-0.2, 0) is 16.6 Å². The van der Waals surface area contributed by atoms with E-state index in [0.29, 0.717) is 41.9 Å². The van der Waals surface area contributed by atoms with Crippen molar-refractivity contribution in [3.63, 3.8) is 0 Å². The van der Waals surface area contributed by atoms with Crippen LogP contribution in [0.2, 0.25) is 5.02 Å². The molecular weight excluding hydrogens is 482 g/mol. The molecule has 0 bridgehead atoms. The van der Waals surface area contributed by atoms with E-state index in [0.717, 1.165) is 12.7 Å². The topological polar surface area (TPSA) is 126 Å². The number of aromatic nitrogens is 3. The van der Waals surface area contributed by atoms with Gasteiger partial charge in [-0.25, -0.2) is 13.1 Å². The maximum atomic E-state index is 12.7. The van der Waals surface area contributed by atoms with E-state index in [1.54, 1.807) is 30.3 Å². The Morgan fingerprint density at radius 2 is 2.06 bits per heavy atom. The van der Waals surface area contributed by atoms with Gasteiger partial charge in [-0.05, 0) is 42.7 Å². The summed E-state index contributed by atoms with van der Waals surface area (Å²) >= 11 is 5.82. The monoisotopic (exact) mass is 505 g/mol. The predicted molar refractivity (Wildman–Crippen MR) is 129 cm³/mol. The molecule has 3 aromatic rings. The van der Waals surface area contributed by atoms with Crippen molar-refractivity contribution in [3.05, 3.63) is 80.2 Å². The lowest BCUT2D eigenvalue weighted by atomic mass is 10.1. The van der Waals surface area contributed by atoms with Crippen LogP contribution < -0.4 is 25.5 Å². The fourth-order valence-corrected chi connectivity index (χ4v) is 4.37. The van der Waals surface area contributed by atoms with Crippen LogP contribution in [0.25, 0.3) is 5.69 Å². The molecule has 1 aliphatic rings. The molecule has 0 aliphatic carbocycles. The van der Waals surface area contributed by atoms with E-state index in [4.69, 9.17) is 16.3 Å². The van der Waals surface area contributed by atoms with Crippen LogP contribution in [0, 0.1) is 5.92 Å². The third-order valence-corrected chi connectivity index (χ3v) is 6.37. The van der Waals surface area contributed by atoms with Crippen molar-refractivity contribution in [2.45, 2.75) is 13.0 Å². The van der Waals surface area contributed by atoms with Gasteiger partial charge in [0.1, 0.15) is 23.9 Å². The third-order valence-electron chi connectivity index (χ3n) is 5.46. The van der Waals surface area contributed by atoms with Gasteiger partial charge in [0, 0.05) is 38.1 Å². The number of ether oxygens (including phenoxy) is 1. The standard InChI is InChI=1S/C22H24ClN5O5S/c1-34(31,32)25-11-15-6-8-27(13-15)20-5-4-19(22(30)26-20)28-9-7-18(10-21(28)29)33-14-17-3-2-16(23)12-24-17/h2-5,7,9-10,12,15,25H,6,8,11,13-14H2,1H3,(H,26,30)/t15-/m0/s1. The highest BCUT2D eigenvalue weighted by molar-refractivity contribution is 7.88. The van der Waals surface area contributed by atoms with Crippen LogP contribution in [0.3, 0.4) is 0 Å². The molecule has 0 amide bonds. The molecule has 4 rings (SSSR count). The molecule has 3 aromatic heterocycles. The van der Waals surface area contributed by atoms with Crippen LogP contribution >= 0.6 is 11.6 Å². The largest absolute Gasteiger partial charge is 0.487 e. The molecule has 2 N–H and O–H groups in total. The lowest BCUT2D eigenvalue weighted by molar-refractivity contribution is 0.300. The van der Waals surface area contributed by atoms with Gasteiger partial charge in [-0.2, -0.15) is 0 Å². The summed E-state index contributed by atoms with van der Waals surface area (Å²) in [5, 5.41) is 0.524. The predicted octanol–water partition coefficient (Wildman–Crippen LogP) is 1.53. The van der Waals surface area contributed by atoms with Crippen LogP contribution in [0.1, 0.15) is 12.1 Å². The van der Waals surface area contributed by atoms with Crippen molar-refractivity contribution in [1.29, 1.82) is 0 Å². The molecule has 0 saturated carbocycles. The van der Waals surface area contributed by atoms with Gasteiger partial charge in [0.05, 0.1) is 17.0 Å². The quantitative estimate of drug-likeness (QED) is 0.475. The Bertz CT molecular complexity index is 1390. The first-order valence-corrected chi connectivity index (χ1v) is 12.8. The Morgan fingerprint density at radius 1 is 1.24 bits per heavy atom. The lowest BCUT2D eigenvalue weighted by Crippen LogP contribution is -2.31. The minimum atomic E-state index is -3.24. The average molecular weight is 506 g/mol. The third kappa shape index (κ3) is 6.04. The zero-order valence-electron chi connectivity index (χ0n) is 18.4. The highest BCUT2D eigenvalue weighted by Crippen LogP contribution is 2.21. The van der Waals surface area contributed by atoms with Gasteiger partial charge >= 0.3 is 0 Å². The Balaban J connectivity index is 1.43. The van der Waals surface area contributed by atoms with Crippen molar-refractivity contribution < 1.29 is 13.2 Å². The fourth-order valence-electron chi connectivity index (χ4n) is 3.72. The lowest BCUT2D eigenvalue weighted by Gasteiger charge is -2.19. The molecule has 0 radical (unpaired) electrons. The summed E-state index contributed by atoms with van der Waals surface area (Å²) in [5.41, 5.74) is 0.0373. The first-order chi connectivity index (χ1) is 16.2. The van der Waals surface area contributed by atoms with Crippen LogP contribution in [-0.4, -0.2) is 48.8 Å². The molecule has 10 nitrogen and oxygen atoms in total. The Kier molecular flexibility index (Phi) is 7.05. The minimum absolute atomic E-state index is 0.149. The highest BCUT2D eigenvalue weighted by Gasteiger charge is 2.24. The molecule has 0 aromatic carbocycles. The van der Waals surface area contributed by atoms with Gasteiger partial charge in [0.2, 0.25) is 10.0 Å². The first-order valence-electron chi connectivity index (χ1n) is 10.6. The Labute approximate surface area is 201 Å². The van der Waals surface area contributed by atoms with Crippen molar-refractivity contribution in [2.24, 2.45) is 5.92 Å². The number of rotatable bonds is 8. The summed E-state index contributed by atoms with van der Waals surface area (Å²) in [4.78, 5) is 34.3. The molecule has 1 aliphatic heterocycles. The smallest absolute Gasteiger partial charge is 0.273 e. The molecule has 1 atom stereocenters. The van der Waals surface area contributed by atoms with Gasteiger partial charge in [0.15, 0.2) is 0 Å². The van der Waals surface area contributed by atoms with Crippen LogP contribution in [0.4, 0.5) is 5.82 Å². The van der Waals surface area contributed by atoms with Gasteiger partial charge in [-0.3, -0.25) is 19.1 Å². The van der Waals surface area contributed by atoms with Crippen molar-refractivity contribution in [3.8, 4) is 11.4 Å². The molecule has 1 saturated heterocycles. The molecule has 34 heavy (non-hydrogen) atoms. The van der Waals surface area contributed by atoms with Crippen molar-refractivity contribution >= 4 is 27.4 Å². The van der Waals surface area contributed by atoms with Gasteiger partial charge in [-0.15, -0.1) is 0 Å². The average Bonchev–Trinajstić information content (AvgIpc) is 3.27. The second-order valence-electron chi connectivity index (χ2n) is 8.11. The second kappa shape index (κ2) is 10.00. The SMILES string of the molecule is CS(=O)(=O)NC[C@@H]1CCN(c2ccc(-n3ccc(OCc4ccc(Cl)cn4)cc3=O)c(=O)[nH]2)C1. The van der Waals surface area contributed by atoms with Crippen molar-refractivity contribution in [2.75, 3.05) is 30.8 Å². The van der Waals surface area contributed by atoms with Crippen molar-refractivity contribution in [1.82, 2.24) is 19.3 Å². The van der Waals surface area contributed by atoms with E-state index < -0.39 is 21.1 Å². The summed E-state index contributed by atoms with van der Waals surface area (Å²) in [5.74, 6) is 1.13. The number of pyridine rings is 3. The number of sulfonamides is 1. The van der Waals surface area contributed by atoms with E-state index >= 15 is 0 Å². The van der Waals surface area contributed by atoms with Crippen LogP contribution in [0.15, 0.2) is 58.4 Å². The minimum Gasteiger partial charge on any atom is -0.487 e.